The van der Waals surface area contributed by atoms with Crippen molar-refractivity contribution in [3.8, 4) is 0 Å². The number of nitrogens with two attached hydrogens (primary N) is 1. The average molecular weight is 355 g/mol. The molecular formula is C16H29N5O4. The maximum absolute atomic E-state index is 12.3. The van der Waals surface area contributed by atoms with Crippen LogP contribution in [0.2, 0.25) is 0 Å². The molecule has 0 aromatic heterocycles. The highest BCUT2D eigenvalue weighted by Gasteiger charge is 2.48. The summed E-state index contributed by atoms with van der Waals surface area (Å²) >= 11 is 0. The lowest BCUT2D eigenvalue weighted by molar-refractivity contribution is -0.155. The van der Waals surface area contributed by atoms with Gasteiger partial charge in [0, 0.05) is 17.9 Å². The maximum atomic E-state index is 12.3. The molecule has 1 aliphatic rings. The molecule has 142 valence electrons. The summed E-state index contributed by atoms with van der Waals surface area (Å²) in [5.41, 5.74) is 15.2. The highest BCUT2D eigenvalue weighted by Crippen LogP contribution is 2.32. The van der Waals surface area contributed by atoms with E-state index in [9.17, 15) is 9.59 Å². The lowest BCUT2D eigenvalue weighted by atomic mass is 9.76. The van der Waals surface area contributed by atoms with Crippen LogP contribution in [0.15, 0.2) is 5.11 Å². The van der Waals surface area contributed by atoms with Crippen LogP contribution >= 0.6 is 0 Å². The van der Waals surface area contributed by atoms with E-state index in [1.807, 2.05) is 13.8 Å². The second-order valence-corrected chi connectivity index (χ2v) is 6.22. The SMILES string of the molecule is CCOC(=O)[C@@H]1C[C@H](N)[C@@H](NC(C)=O)[C@H](OC(CC)CC)[C@H]1N=[N+]=[N-]. The number of hydrogen-bond acceptors (Lipinski definition) is 6. The Kier molecular flexibility index (Phi) is 8.68. The van der Waals surface area contributed by atoms with Gasteiger partial charge in [-0.05, 0) is 31.7 Å². The van der Waals surface area contributed by atoms with Crippen molar-refractivity contribution in [1.82, 2.24) is 5.32 Å². The van der Waals surface area contributed by atoms with Gasteiger partial charge in [0.15, 0.2) is 0 Å². The predicted octanol–water partition coefficient (Wildman–Crippen LogP) is 1.65. The van der Waals surface area contributed by atoms with Crippen LogP contribution in [-0.4, -0.2) is 48.8 Å². The van der Waals surface area contributed by atoms with Crippen molar-refractivity contribution >= 4 is 11.9 Å². The number of nitrogens with zero attached hydrogens (tertiary/aromatic N) is 3. The minimum atomic E-state index is -0.790. The van der Waals surface area contributed by atoms with Gasteiger partial charge in [0.25, 0.3) is 0 Å². The number of carbonyl (C=O) groups is 2. The molecule has 1 aliphatic carbocycles. The summed E-state index contributed by atoms with van der Waals surface area (Å²) in [4.78, 5) is 26.8. The lowest BCUT2D eigenvalue weighted by Gasteiger charge is -2.44. The van der Waals surface area contributed by atoms with Crippen LogP contribution in [0.1, 0.15) is 47.0 Å². The third-order valence-corrected chi connectivity index (χ3v) is 4.49. The Bertz CT molecular complexity index is 505. The van der Waals surface area contributed by atoms with Crippen LogP contribution in [0.3, 0.4) is 0 Å². The summed E-state index contributed by atoms with van der Waals surface area (Å²) < 4.78 is 11.2. The van der Waals surface area contributed by atoms with Gasteiger partial charge in [0.05, 0.1) is 36.8 Å². The molecule has 1 amide bonds. The minimum Gasteiger partial charge on any atom is -0.466 e. The number of esters is 1. The molecule has 0 aromatic carbocycles. The first-order valence-electron chi connectivity index (χ1n) is 8.78. The van der Waals surface area contributed by atoms with Gasteiger partial charge in [-0.3, -0.25) is 9.59 Å². The summed E-state index contributed by atoms with van der Waals surface area (Å²) in [7, 11) is 0. The number of azide groups is 1. The zero-order valence-electron chi connectivity index (χ0n) is 15.3. The number of hydrogen-bond donors (Lipinski definition) is 2. The topological polar surface area (TPSA) is 139 Å². The van der Waals surface area contributed by atoms with E-state index in [0.717, 1.165) is 12.8 Å². The molecule has 0 saturated heterocycles. The van der Waals surface area contributed by atoms with Gasteiger partial charge in [0.2, 0.25) is 5.91 Å². The van der Waals surface area contributed by atoms with Crippen LogP contribution in [0, 0.1) is 5.92 Å². The van der Waals surface area contributed by atoms with E-state index < -0.39 is 36.1 Å². The van der Waals surface area contributed by atoms with Crippen LogP contribution in [-0.2, 0) is 19.1 Å². The van der Waals surface area contributed by atoms with E-state index in [0.29, 0.717) is 0 Å². The van der Waals surface area contributed by atoms with Gasteiger partial charge in [-0.25, -0.2) is 0 Å². The van der Waals surface area contributed by atoms with E-state index in [2.05, 4.69) is 15.3 Å². The molecule has 0 bridgehead atoms. The number of rotatable bonds is 8. The second-order valence-electron chi connectivity index (χ2n) is 6.22. The molecule has 5 atom stereocenters. The molecule has 0 aromatic rings. The van der Waals surface area contributed by atoms with Crippen molar-refractivity contribution in [2.24, 2.45) is 16.8 Å². The summed E-state index contributed by atoms with van der Waals surface area (Å²) in [6.45, 7) is 7.29. The van der Waals surface area contributed by atoms with E-state index in [4.69, 9.17) is 20.7 Å². The third-order valence-electron chi connectivity index (χ3n) is 4.49. The first kappa shape index (κ1) is 21.2. The monoisotopic (exact) mass is 355 g/mol. The summed E-state index contributed by atoms with van der Waals surface area (Å²) in [6, 6.07) is -1.84. The lowest BCUT2D eigenvalue weighted by Crippen LogP contribution is -2.65. The second kappa shape index (κ2) is 10.2. The van der Waals surface area contributed by atoms with E-state index in [1.54, 1.807) is 6.92 Å². The van der Waals surface area contributed by atoms with Gasteiger partial charge in [-0.2, -0.15) is 0 Å². The zero-order valence-corrected chi connectivity index (χ0v) is 15.3. The summed E-state index contributed by atoms with van der Waals surface area (Å²) in [5.74, 6) is -1.42. The van der Waals surface area contributed by atoms with E-state index in [1.165, 1.54) is 6.92 Å². The summed E-state index contributed by atoms with van der Waals surface area (Å²) in [5, 5.41) is 6.60. The Hall–Kier alpha value is -1.83. The Morgan fingerprint density at radius 1 is 1.36 bits per heavy atom. The first-order chi connectivity index (χ1) is 11.9. The molecule has 1 fully saturated rings. The Labute approximate surface area is 148 Å². The highest BCUT2D eigenvalue weighted by molar-refractivity contribution is 5.75. The van der Waals surface area contributed by atoms with Gasteiger partial charge >= 0.3 is 5.97 Å². The van der Waals surface area contributed by atoms with Gasteiger partial charge in [0.1, 0.15) is 0 Å². The van der Waals surface area contributed by atoms with Gasteiger partial charge < -0.3 is 20.5 Å². The van der Waals surface area contributed by atoms with E-state index in [-0.39, 0.29) is 25.0 Å². The van der Waals surface area contributed by atoms with Crippen molar-refractivity contribution in [3.63, 3.8) is 0 Å². The molecule has 0 radical (unpaired) electrons. The molecule has 0 spiro atoms. The molecule has 0 unspecified atom stereocenters. The van der Waals surface area contributed by atoms with Crippen LogP contribution < -0.4 is 11.1 Å². The standard InChI is InChI=1S/C16H29N5O4/c1-5-10(6-2)25-15-13(20-21-18)11(16(23)24-7-3)8-12(17)14(15)19-9(4)22/h10-15H,5-8,17H2,1-4H3,(H,19,22)/t11-,12+,13+,14-,15-/m1/s1. The fraction of sp³-hybridized carbons (Fsp3) is 0.875. The molecule has 0 aliphatic heterocycles. The Morgan fingerprint density at radius 2 is 2.00 bits per heavy atom. The van der Waals surface area contributed by atoms with Crippen molar-refractivity contribution < 1.29 is 19.1 Å². The van der Waals surface area contributed by atoms with Crippen LogP contribution in [0.25, 0.3) is 10.4 Å². The molecule has 9 nitrogen and oxygen atoms in total. The molecule has 3 N–H and O–H groups in total. The van der Waals surface area contributed by atoms with Gasteiger partial charge in [-0.15, -0.1) is 0 Å². The number of ether oxygens (including phenoxy) is 2. The van der Waals surface area contributed by atoms with Crippen LogP contribution in [0.4, 0.5) is 0 Å². The number of carbonyl (C=O) groups excluding carboxylic acids is 2. The minimum absolute atomic E-state index is 0.0919. The molecular weight excluding hydrogens is 326 g/mol. The highest BCUT2D eigenvalue weighted by atomic mass is 16.5. The normalized spacial score (nSPS) is 29.0. The largest absolute Gasteiger partial charge is 0.466 e. The average Bonchev–Trinajstić information content (AvgIpc) is 2.57. The Balaban J connectivity index is 3.22. The van der Waals surface area contributed by atoms with Crippen molar-refractivity contribution in [2.75, 3.05) is 6.61 Å². The van der Waals surface area contributed by atoms with Crippen molar-refractivity contribution in [3.05, 3.63) is 10.4 Å². The first-order valence-corrected chi connectivity index (χ1v) is 8.78. The van der Waals surface area contributed by atoms with Crippen molar-refractivity contribution in [2.45, 2.75) is 77.3 Å². The molecule has 1 saturated carbocycles. The molecule has 0 heterocycles. The number of amides is 1. The fourth-order valence-electron chi connectivity index (χ4n) is 3.25. The summed E-state index contributed by atoms with van der Waals surface area (Å²) in [6.07, 6.45) is 0.967. The fourth-order valence-corrected chi connectivity index (χ4v) is 3.25. The maximum Gasteiger partial charge on any atom is 0.309 e. The third kappa shape index (κ3) is 5.59. The quantitative estimate of drug-likeness (QED) is 0.295. The van der Waals surface area contributed by atoms with E-state index >= 15 is 0 Å². The predicted molar refractivity (Wildman–Crippen MR) is 92.5 cm³/mol. The molecule has 1 rings (SSSR count). The number of nitrogens with one attached hydrogen (secondary N) is 1. The molecule has 25 heavy (non-hydrogen) atoms. The Morgan fingerprint density at radius 3 is 2.48 bits per heavy atom. The molecule has 9 heteroatoms. The van der Waals surface area contributed by atoms with Gasteiger partial charge in [-0.1, -0.05) is 19.0 Å². The van der Waals surface area contributed by atoms with Crippen LogP contribution in [0.5, 0.6) is 0 Å². The zero-order chi connectivity index (χ0) is 19.0. The smallest absolute Gasteiger partial charge is 0.309 e. The van der Waals surface area contributed by atoms with Crippen molar-refractivity contribution in [1.29, 1.82) is 0 Å².